The van der Waals surface area contributed by atoms with Crippen molar-refractivity contribution in [2.75, 3.05) is 0 Å². The lowest BCUT2D eigenvalue weighted by Gasteiger charge is -2.12. The molecule has 11 aromatic rings. The molecule has 2 nitrogen and oxygen atoms in total. The summed E-state index contributed by atoms with van der Waals surface area (Å²) in [5.41, 5.74) is -11.8. The molecule has 0 amide bonds. The van der Waals surface area contributed by atoms with E-state index in [-0.39, 0.29) is 5.56 Å². The molecule has 0 saturated heterocycles. The fourth-order valence-electron chi connectivity index (χ4n) is 6.43. The Kier molecular flexibility index (Phi) is 3.08. The second kappa shape index (κ2) is 13.4. The summed E-state index contributed by atoms with van der Waals surface area (Å²) in [6, 6.07) is -34.9. The summed E-state index contributed by atoms with van der Waals surface area (Å²) in [7, 11) is 0. The van der Waals surface area contributed by atoms with Gasteiger partial charge in [0.15, 0.2) is 0 Å². The molecule has 0 N–H and O–H groups in total. The van der Waals surface area contributed by atoms with Gasteiger partial charge in [-0.05, 0) is 106 Å². The second-order valence-corrected chi connectivity index (χ2v) is 12.3. The van der Waals surface area contributed by atoms with E-state index in [1.165, 1.54) is 6.92 Å². The number of para-hydroxylation sites is 2. The van der Waals surface area contributed by atoms with Crippen molar-refractivity contribution in [1.82, 2.24) is 9.13 Å². The highest BCUT2D eigenvalue weighted by Gasteiger charge is 2.20. The van der Waals surface area contributed by atoms with Crippen molar-refractivity contribution in [3.63, 3.8) is 0 Å². The van der Waals surface area contributed by atoms with Gasteiger partial charge >= 0.3 is 0 Å². The van der Waals surface area contributed by atoms with Gasteiger partial charge in [0.25, 0.3) is 0 Å². The molecule has 0 atom stereocenters. The van der Waals surface area contributed by atoms with E-state index in [4.69, 9.17) is 27.4 Å². The van der Waals surface area contributed by atoms with Crippen LogP contribution in [0, 0.1) is 6.92 Å². The summed E-state index contributed by atoms with van der Waals surface area (Å²) in [4.78, 5) is 0. The highest BCUT2D eigenvalue weighted by molar-refractivity contribution is 6.28. The molecule has 9 aromatic carbocycles. The molecular weight excluding hydrogens is 689 g/mol. The highest BCUT2D eigenvalue weighted by atomic mass is 15.0. The Balaban J connectivity index is 1.31. The SMILES string of the molecule is [2H]c1c([2H])c([2H])c(-c2c([2H])c([2H])c(-c3c([2H])c([2H])c([2H])c(-n4c5c([2H])c([2H])c([2H])c([2H])c5c5c6c7c([2H])c([2H])c([2H])c([2H])c7n(-c7c([2H])c([2H])c(-c8c([2H])c([2H])c([2H])c(-c9c([2H])c([2H])c(C)c([2H])c9[2H])c8[2H])c([2H])c7[2H])c6c([2H])c([2H])c54)c3[2H])c([2H])c2[2H])c([2H])c1[2H]. The molecule has 0 spiro atoms. The van der Waals surface area contributed by atoms with Gasteiger partial charge in [-0.2, -0.15) is 0 Å². The minimum absolute atomic E-state index is 0.123. The van der Waals surface area contributed by atoms with E-state index in [1.54, 1.807) is 0 Å². The Labute approximate surface area is 381 Å². The van der Waals surface area contributed by atoms with Crippen LogP contribution in [0.15, 0.2) is 211 Å². The van der Waals surface area contributed by atoms with E-state index >= 15 is 0 Å². The van der Waals surface area contributed by atoms with Crippen LogP contribution in [0.3, 0.4) is 0 Å². The first kappa shape index (κ1) is 13.1. The van der Waals surface area contributed by atoms with Crippen molar-refractivity contribution in [1.29, 1.82) is 0 Å². The van der Waals surface area contributed by atoms with Crippen molar-refractivity contribution in [3.05, 3.63) is 217 Å². The largest absolute Gasteiger partial charge is 0.309 e. The van der Waals surface area contributed by atoms with Gasteiger partial charge in [-0.15, -0.1) is 0 Å². The zero-order chi connectivity index (χ0) is 68.3. The van der Waals surface area contributed by atoms with Crippen molar-refractivity contribution >= 4 is 43.6 Å². The molecule has 0 saturated carbocycles. The third kappa shape index (κ3) is 5.57. The molecule has 57 heavy (non-hydrogen) atoms. The Morgan fingerprint density at radius 3 is 1.28 bits per heavy atom. The van der Waals surface area contributed by atoms with Gasteiger partial charge in [-0.25, -0.2) is 0 Å². The number of aromatic nitrogens is 2. The van der Waals surface area contributed by atoms with Crippen LogP contribution >= 0.6 is 0 Å². The third-order valence-electron chi connectivity index (χ3n) is 8.92. The molecule has 11 rings (SSSR count). The van der Waals surface area contributed by atoms with Crippen LogP contribution in [-0.2, 0) is 0 Å². The van der Waals surface area contributed by atoms with Gasteiger partial charge in [0.05, 0.1) is 70.0 Å². The lowest BCUT2D eigenvalue weighted by atomic mass is 9.98. The summed E-state index contributed by atoms with van der Waals surface area (Å²) in [6.07, 6.45) is 0. The first-order valence-electron chi connectivity index (χ1n) is 34.3. The van der Waals surface area contributed by atoms with Crippen LogP contribution in [0.2, 0.25) is 0 Å². The Hall–Kier alpha value is -7.42. The van der Waals surface area contributed by atoms with Gasteiger partial charge in [-0.3, -0.25) is 0 Å². The van der Waals surface area contributed by atoms with Crippen LogP contribution in [0.5, 0.6) is 0 Å². The Morgan fingerprint density at radius 1 is 0.298 bits per heavy atom. The maximum Gasteiger partial charge on any atom is 0.0651 e. The Morgan fingerprint density at radius 2 is 0.702 bits per heavy atom. The second-order valence-electron chi connectivity index (χ2n) is 12.3. The lowest BCUT2D eigenvalue weighted by Crippen LogP contribution is -1.95. The number of hydrogen-bond acceptors (Lipinski definition) is 0. The molecule has 2 heterocycles. The minimum Gasteiger partial charge on any atom is -0.309 e. The number of hydrogen-bond donors (Lipinski definition) is 0. The summed E-state index contributed by atoms with van der Waals surface area (Å²) >= 11 is 0. The fourth-order valence-corrected chi connectivity index (χ4v) is 6.43. The average molecular weight is 762 g/mol. The van der Waals surface area contributed by atoms with E-state index < -0.39 is 311 Å². The zero-order valence-electron chi connectivity index (χ0n) is 63.9. The number of benzene rings is 9. The molecule has 268 valence electrons. The maximum absolute atomic E-state index is 9.93. The summed E-state index contributed by atoms with van der Waals surface area (Å²) in [6.45, 7) is 1.28. The zero-order valence-corrected chi connectivity index (χ0v) is 28.9. The van der Waals surface area contributed by atoms with Gasteiger partial charge < -0.3 is 9.13 Å². The van der Waals surface area contributed by atoms with Crippen molar-refractivity contribution in [2.24, 2.45) is 0 Å². The average Bonchev–Trinajstić information content (AvgIpc) is 1.50. The van der Waals surface area contributed by atoms with Gasteiger partial charge in [0.2, 0.25) is 0 Å². The number of nitrogens with zero attached hydrogens (tertiary/aromatic N) is 2. The highest BCUT2D eigenvalue weighted by Crippen LogP contribution is 2.43. The first-order valence-corrected chi connectivity index (χ1v) is 16.8. The molecule has 0 unspecified atom stereocenters. The number of rotatable bonds is 6. The van der Waals surface area contributed by atoms with E-state index in [0.717, 1.165) is 0 Å². The lowest BCUT2D eigenvalue weighted by molar-refractivity contribution is 1.17. The fraction of sp³-hybridized carbons (Fsp3) is 0.0182. The topological polar surface area (TPSA) is 9.86 Å². The summed E-state index contributed by atoms with van der Waals surface area (Å²) in [5.74, 6) is 0. The molecule has 0 bridgehead atoms. The van der Waals surface area contributed by atoms with Gasteiger partial charge in [0.1, 0.15) is 0 Å². The molecule has 2 aromatic heterocycles. The normalized spacial score (nSPS) is 20.2. The third-order valence-corrected chi connectivity index (χ3v) is 8.92. The molecule has 0 fully saturated rings. The van der Waals surface area contributed by atoms with Crippen LogP contribution in [0.4, 0.5) is 0 Å². The van der Waals surface area contributed by atoms with E-state index in [2.05, 4.69) is 0 Å². The minimum atomic E-state index is -1.16. The molecule has 0 aliphatic carbocycles. The number of fused-ring (bicyclic) bond motifs is 7. The van der Waals surface area contributed by atoms with E-state index in [9.17, 15) is 20.6 Å². The van der Waals surface area contributed by atoms with E-state index in [1.807, 2.05) is 0 Å². The summed E-state index contributed by atoms with van der Waals surface area (Å²) < 4.78 is 319. The van der Waals surface area contributed by atoms with E-state index in [0.29, 0.717) is 9.13 Å². The van der Waals surface area contributed by atoms with Crippen molar-refractivity contribution < 1.29 is 48.0 Å². The molecule has 0 aliphatic heterocycles. The van der Waals surface area contributed by atoms with Gasteiger partial charge in [-0.1, -0.05) is 163 Å². The predicted molar refractivity (Wildman–Crippen MR) is 242 cm³/mol. The van der Waals surface area contributed by atoms with Crippen LogP contribution in [0.25, 0.3) is 99.5 Å². The van der Waals surface area contributed by atoms with Gasteiger partial charge in [0, 0.05) is 32.9 Å². The monoisotopic (exact) mass is 762 g/mol. The molecule has 2 heteroatoms. The predicted octanol–water partition coefficient (Wildman–Crippen LogP) is 14.9. The Bertz CT molecular complexity index is 5230. The van der Waals surface area contributed by atoms with Crippen LogP contribution in [0.1, 0.15) is 53.5 Å². The van der Waals surface area contributed by atoms with Crippen molar-refractivity contribution in [3.8, 4) is 55.9 Å². The van der Waals surface area contributed by atoms with Crippen LogP contribution in [-0.4, -0.2) is 9.13 Å². The first-order chi connectivity index (χ1) is 42.8. The molecule has 0 radical (unpaired) electrons. The maximum atomic E-state index is 9.93. The molecular formula is C55H38N2. The van der Waals surface area contributed by atoms with Crippen LogP contribution < -0.4 is 0 Å². The molecule has 0 aliphatic rings. The summed E-state index contributed by atoms with van der Waals surface area (Å²) in [5, 5.41) is -2.61. The van der Waals surface area contributed by atoms with Crippen molar-refractivity contribution in [2.45, 2.75) is 6.92 Å². The standard InChI is InChI=1S/C55H38N2/c1-37-21-23-40(24-22-37)43-13-9-14-44(35-43)42-29-31-46(32-30-42)56-50-19-7-5-17-48(50)54-52(56)33-34-53-55(54)49-18-6-8-20-51(49)57(53)47-16-10-15-45(36-47)41-27-25-39(26-28-41)38-11-3-2-4-12-38/h2-36H,1H3/i2D,3D,4D,5D,6D,7D,8D,9D,10D,11D,12D,13D,14D,15D,16D,17D,18D,19D,20D,21D,22D,23D,24D,25D,26D,27D,28D,29D,30D,31D,32D,33D,34D,35D,36D. The quantitative estimate of drug-likeness (QED) is 0.160. The smallest absolute Gasteiger partial charge is 0.0651 e.